The molecule has 0 aliphatic carbocycles. The van der Waals surface area contributed by atoms with Crippen LogP contribution in [0.4, 0.5) is 17.1 Å². The van der Waals surface area contributed by atoms with Gasteiger partial charge in [0, 0.05) is 29.0 Å². The Hall–Kier alpha value is -3.41. The lowest BCUT2D eigenvalue weighted by molar-refractivity contribution is 1.04. The highest BCUT2D eigenvalue weighted by Gasteiger charge is 2.20. The summed E-state index contributed by atoms with van der Waals surface area (Å²) < 4.78 is 0. The fourth-order valence-corrected chi connectivity index (χ4v) is 2.64. The Labute approximate surface area is 136 Å². The quantitative estimate of drug-likeness (QED) is 0.492. The van der Waals surface area contributed by atoms with E-state index in [2.05, 4.69) is 20.6 Å². The molecule has 0 saturated carbocycles. The molecule has 0 radical (unpaired) electrons. The van der Waals surface area contributed by atoms with Crippen molar-refractivity contribution in [2.24, 2.45) is 0 Å². The van der Waals surface area contributed by atoms with Crippen LogP contribution in [0.1, 0.15) is 5.69 Å². The zero-order chi connectivity index (χ0) is 16.5. The Morgan fingerprint density at radius 1 is 1.00 bits per heavy atom. The zero-order valence-electron chi connectivity index (χ0n) is 12.7. The molecule has 4 rings (SSSR count). The smallest absolute Gasteiger partial charge is 0.253 e. The van der Waals surface area contributed by atoms with E-state index in [-0.39, 0.29) is 0 Å². The van der Waals surface area contributed by atoms with Crippen molar-refractivity contribution in [1.29, 1.82) is 0 Å². The number of rotatable bonds is 5. The molecular formula is C18H14N4O2. The fourth-order valence-electron chi connectivity index (χ4n) is 2.64. The van der Waals surface area contributed by atoms with Gasteiger partial charge in [-0.05, 0) is 36.4 Å². The molecule has 0 unspecified atom stereocenters. The SMILES string of the molecule is O=c1c(NCc2ccccn2)c(Nc2ccc3[nH]ccc3c2)c1=O. The van der Waals surface area contributed by atoms with Crippen LogP contribution >= 0.6 is 0 Å². The van der Waals surface area contributed by atoms with Gasteiger partial charge in [-0.15, -0.1) is 0 Å². The normalized spacial score (nSPS) is 11.0. The molecule has 24 heavy (non-hydrogen) atoms. The van der Waals surface area contributed by atoms with Gasteiger partial charge >= 0.3 is 0 Å². The molecule has 0 bridgehead atoms. The molecule has 6 heteroatoms. The summed E-state index contributed by atoms with van der Waals surface area (Å²) >= 11 is 0. The largest absolute Gasteiger partial charge is 0.374 e. The summed E-state index contributed by atoms with van der Waals surface area (Å²) in [5.74, 6) is 0. The Morgan fingerprint density at radius 2 is 1.88 bits per heavy atom. The highest BCUT2D eigenvalue weighted by atomic mass is 16.2. The second kappa shape index (κ2) is 5.66. The Balaban J connectivity index is 1.56. The van der Waals surface area contributed by atoms with E-state index in [9.17, 15) is 9.59 Å². The first-order chi connectivity index (χ1) is 11.7. The van der Waals surface area contributed by atoms with Crippen molar-refractivity contribution in [3.63, 3.8) is 0 Å². The zero-order valence-corrected chi connectivity index (χ0v) is 12.7. The lowest BCUT2D eigenvalue weighted by Gasteiger charge is -2.14. The number of H-pyrrole nitrogens is 1. The van der Waals surface area contributed by atoms with Gasteiger partial charge in [-0.2, -0.15) is 0 Å². The number of aromatic nitrogens is 2. The van der Waals surface area contributed by atoms with Crippen molar-refractivity contribution in [2.75, 3.05) is 10.6 Å². The Bertz CT molecular complexity index is 1080. The first kappa shape index (κ1) is 14.2. The number of pyridine rings is 1. The van der Waals surface area contributed by atoms with Crippen molar-refractivity contribution in [2.45, 2.75) is 6.54 Å². The predicted octanol–water partition coefficient (Wildman–Crippen LogP) is 2.51. The van der Waals surface area contributed by atoms with Gasteiger partial charge in [0.25, 0.3) is 10.9 Å². The van der Waals surface area contributed by atoms with Crippen molar-refractivity contribution in [3.05, 3.63) is 81.0 Å². The second-order valence-electron chi connectivity index (χ2n) is 5.49. The molecule has 0 amide bonds. The maximum atomic E-state index is 11.9. The van der Waals surface area contributed by atoms with Gasteiger partial charge in [-0.1, -0.05) is 6.07 Å². The summed E-state index contributed by atoms with van der Waals surface area (Å²) in [4.78, 5) is 31.0. The number of hydrogen-bond acceptors (Lipinski definition) is 5. The van der Waals surface area contributed by atoms with Crippen LogP contribution < -0.4 is 21.5 Å². The van der Waals surface area contributed by atoms with Gasteiger partial charge in [-0.25, -0.2) is 0 Å². The molecule has 0 atom stereocenters. The molecule has 6 nitrogen and oxygen atoms in total. The molecule has 2 aromatic carbocycles. The van der Waals surface area contributed by atoms with Crippen molar-refractivity contribution in [1.82, 2.24) is 9.97 Å². The number of fused-ring (bicyclic) bond motifs is 1. The first-order valence-corrected chi connectivity index (χ1v) is 7.53. The number of nitrogens with one attached hydrogen (secondary N) is 3. The van der Waals surface area contributed by atoms with E-state index < -0.39 is 10.9 Å². The number of benzene rings is 1. The van der Waals surface area contributed by atoms with E-state index in [0.717, 1.165) is 22.3 Å². The number of nitrogens with zero attached hydrogens (tertiary/aromatic N) is 1. The van der Waals surface area contributed by atoms with E-state index in [1.165, 1.54) is 0 Å². The third kappa shape index (κ3) is 2.44. The molecule has 2 heterocycles. The summed E-state index contributed by atoms with van der Waals surface area (Å²) in [6.45, 7) is 0.386. The van der Waals surface area contributed by atoms with Crippen molar-refractivity contribution >= 4 is 28.0 Å². The van der Waals surface area contributed by atoms with E-state index in [1.54, 1.807) is 6.20 Å². The van der Waals surface area contributed by atoms with Crippen LogP contribution in [0, 0.1) is 0 Å². The lowest BCUT2D eigenvalue weighted by Crippen LogP contribution is -2.36. The Kier molecular flexibility index (Phi) is 3.35. The highest BCUT2D eigenvalue weighted by molar-refractivity contribution is 5.86. The topological polar surface area (TPSA) is 86.9 Å². The minimum absolute atomic E-state index is 0.297. The van der Waals surface area contributed by atoms with Crippen LogP contribution in [0.15, 0.2) is 64.4 Å². The predicted molar refractivity (Wildman–Crippen MR) is 94.5 cm³/mol. The average molecular weight is 318 g/mol. The van der Waals surface area contributed by atoms with Gasteiger partial charge in [-0.3, -0.25) is 14.6 Å². The maximum Gasteiger partial charge on any atom is 0.253 e. The average Bonchev–Trinajstić information content (AvgIpc) is 3.09. The summed E-state index contributed by atoms with van der Waals surface area (Å²) in [6, 6.07) is 13.2. The highest BCUT2D eigenvalue weighted by Crippen LogP contribution is 2.24. The van der Waals surface area contributed by atoms with Gasteiger partial charge in [0.2, 0.25) is 0 Å². The molecule has 3 N–H and O–H groups in total. The molecule has 118 valence electrons. The molecule has 0 aliphatic heterocycles. The van der Waals surface area contributed by atoms with Gasteiger partial charge < -0.3 is 15.6 Å². The molecule has 2 aromatic heterocycles. The first-order valence-electron chi connectivity index (χ1n) is 7.53. The number of anilines is 3. The monoisotopic (exact) mass is 318 g/mol. The van der Waals surface area contributed by atoms with Crippen molar-refractivity contribution in [3.8, 4) is 0 Å². The second-order valence-corrected chi connectivity index (χ2v) is 5.49. The van der Waals surface area contributed by atoms with E-state index in [0.29, 0.717) is 17.9 Å². The number of aromatic amines is 1. The van der Waals surface area contributed by atoms with Gasteiger partial charge in [0.15, 0.2) is 0 Å². The molecule has 0 saturated heterocycles. The Morgan fingerprint density at radius 3 is 2.71 bits per heavy atom. The van der Waals surface area contributed by atoms with Crippen molar-refractivity contribution < 1.29 is 0 Å². The number of hydrogen-bond donors (Lipinski definition) is 3. The van der Waals surface area contributed by atoms with E-state index in [4.69, 9.17) is 0 Å². The molecule has 0 aliphatic rings. The van der Waals surface area contributed by atoms with Crippen LogP contribution in [-0.4, -0.2) is 9.97 Å². The minimum atomic E-state index is -0.507. The summed E-state index contributed by atoms with van der Waals surface area (Å²) in [6.07, 6.45) is 3.54. The molecule has 0 fully saturated rings. The fraction of sp³-hybridized carbons (Fsp3) is 0.0556. The maximum absolute atomic E-state index is 11.9. The molecular weight excluding hydrogens is 304 g/mol. The molecule has 4 aromatic rings. The van der Waals surface area contributed by atoms with Gasteiger partial charge in [0.05, 0.1) is 12.2 Å². The van der Waals surface area contributed by atoms with E-state index >= 15 is 0 Å². The van der Waals surface area contributed by atoms with Gasteiger partial charge in [0.1, 0.15) is 11.4 Å². The van der Waals surface area contributed by atoms with Crippen LogP contribution in [-0.2, 0) is 6.54 Å². The van der Waals surface area contributed by atoms with Crippen LogP contribution in [0.2, 0.25) is 0 Å². The molecule has 0 spiro atoms. The summed E-state index contributed by atoms with van der Waals surface area (Å²) in [7, 11) is 0. The minimum Gasteiger partial charge on any atom is -0.374 e. The van der Waals surface area contributed by atoms with Crippen LogP contribution in [0.5, 0.6) is 0 Å². The van der Waals surface area contributed by atoms with Crippen LogP contribution in [0.25, 0.3) is 10.9 Å². The van der Waals surface area contributed by atoms with E-state index in [1.807, 2.05) is 48.7 Å². The van der Waals surface area contributed by atoms with Crippen LogP contribution in [0.3, 0.4) is 0 Å². The summed E-state index contributed by atoms with van der Waals surface area (Å²) in [5.41, 5.74) is 2.16. The standard InChI is InChI=1S/C18H14N4O2/c23-17-15(21-10-13-3-1-2-7-19-13)16(18(17)24)22-12-4-5-14-11(9-12)6-8-20-14/h1-9,20-22H,10H2. The summed E-state index contributed by atoms with van der Waals surface area (Å²) in [5, 5.41) is 7.06. The third-order valence-corrected chi connectivity index (χ3v) is 3.91. The lowest BCUT2D eigenvalue weighted by atomic mass is 10.1. The third-order valence-electron chi connectivity index (χ3n) is 3.91.